The molecule has 1 aromatic rings. The summed E-state index contributed by atoms with van der Waals surface area (Å²) in [6.45, 7) is 0.972. The average molecular weight is 276 g/mol. The van der Waals surface area contributed by atoms with Gasteiger partial charge in [0.2, 0.25) is 0 Å². The van der Waals surface area contributed by atoms with Crippen molar-refractivity contribution in [3.63, 3.8) is 0 Å². The van der Waals surface area contributed by atoms with E-state index in [0.29, 0.717) is 17.1 Å². The summed E-state index contributed by atoms with van der Waals surface area (Å²) in [7, 11) is 0. The number of aliphatic hydroxyl groups is 1. The van der Waals surface area contributed by atoms with Crippen LogP contribution in [0.3, 0.4) is 0 Å². The van der Waals surface area contributed by atoms with Gasteiger partial charge in [-0.1, -0.05) is 36.5 Å². The van der Waals surface area contributed by atoms with Gasteiger partial charge < -0.3 is 10.8 Å². The molecular weight excluding hydrogens is 256 g/mol. The van der Waals surface area contributed by atoms with Crippen molar-refractivity contribution < 1.29 is 5.11 Å². The number of benzene rings is 1. The number of hydrogen-bond donors (Lipinski definition) is 2. The van der Waals surface area contributed by atoms with Gasteiger partial charge in [-0.2, -0.15) is 0 Å². The van der Waals surface area contributed by atoms with E-state index in [4.69, 9.17) is 18.0 Å². The van der Waals surface area contributed by atoms with E-state index in [2.05, 4.69) is 17.0 Å². The molecule has 3 N–H and O–H groups in total. The van der Waals surface area contributed by atoms with Crippen LogP contribution >= 0.6 is 12.2 Å². The zero-order chi connectivity index (χ0) is 13.4. The van der Waals surface area contributed by atoms with Crippen LogP contribution in [0.25, 0.3) is 0 Å². The highest BCUT2D eigenvalue weighted by Crippen LogP contribution is 2.36. The molecule has 2 saturated heterocycles. The first kappa shape index (κ1) is 13.0. The van der Waals surface area contributed by atoms with Gasteiger partial charge in [-0.3, -0.25) is 4.90 Å². The summed E-state index contributed by atoms with van der Waals surface area (Å²) in [6.07, 6.45) is 4.23. The Balaban J connectivity index is 1.70. The molecule has 0 spiro atoms. The first-order chi connectivity index (χ1) is 9.13. The third-order valence-corrected chi connectivity index (χ3v) is 4.70. The van der Waals surface area contributed by atoms with Gasteiger partial charge in [0.25, 0.3) is 0 Å². The molecular formula is C15H20N2OS. The fourth-order valence-corrected chi connectivity index (χ4v) is 3.62. The van der Waals surface area contributed by atoms with Crippen LogP contribution < -0.4 is 5.73 Å². The SMILES string of the molecule is NC(=S)c1ccc(CN2C3CCC2CC(O)C3)cc1. The molecule has 1 aromatic carbocycles. The lowest BCUT2D eigenvalue weighted by atomic mass is 9.99. The second kappa shape index (κ2) is 5.19. The molecule has 0 aromatic heterocycles. The largest absolute Gasteiger partial charge is 0.393 e. The molecule has 2 aliphatic heterocycles. The molecule has 2 aliphatic rings. The Morgan fingerprint density at radius 3 is 2.32 bits per heavy atom. The zero-order valence-electron chi connectivity index (χ0n) is 11.0. The van der Waals surface area contributed by atoms with Gasteiger partial charge in [0.1, 0.15) is 4.99 Å². The van der Waals surface area contributed by atoms with Crippen molar-refractivity contribution in [3.8, 4) is 0 Å². The predicted octanol–water partition coefficient (Wildman–Crippen LogP) is 1.81. The maximum absolute atomic E-state index is 9.82. The molecule has 2 fully saturated rings. The van der Waals surface area contributed by atoms with E-state index >= 15 is 0 Å². The maximum Gasteiger partial charge on any atom is 0.103 e. The summed E-state index contributed by atoms with van der Waals surface area (Å²) in [5.74, 6) is 0. The number of piperidine rings is 1. The van der Waals surface area contributed by atoms with Gasteiger partial charge in [0, 0.05) is 24.2 Å². The van der Waals surface area contributed by atoms with Gasteiger partial charge in [-0.05, 0) is 31.2 Å². The lowest BCUT2D eigenvalue weighted by Gasteiger charge is -2.37. The number of thiocarbonyl (C=S) groups is 1. The molecule has 3 nitrogen and oxygen atoms in total. The second-order valence-corrected chi connectivity index (χ2v) is 6.18. The van der Waals surface area contributed by atoms with E-state index in [1.54, 1.807) is 0 Å². The third-order valence-electron chi connectivity index (χ3n) is 4.46. The summed E-state index contributed by atoms with van der Waals surface area (Å²) in [6, 6.07) is 9.34. The van der Waals surface area contributed by atoms with E-state index < -0.39 is 0 Å². The monoisotopic (exact) mass is 276 g/mol. The lowest BCUT2D eigenvalue weighted by Crippen LogP contribution is -2.44. The van der Waals surface area contributed by atoms with Crippen molar-refractivity contribution in [2.75, 3.05) is 0 Å². The van der Waals surface area contributed by atoms with Crippen LogP contribution in [-0.2, 0) is 6.54 Å². The Hall–Kier alpha value is -0.970. The van der Waals surface area contributed by atoms with Crippen molar-refractivity contribution >= 4 is 17.2 Å². The predicted molar refractivity (Wildman–Crippen MR) is 79.9 cm³/mol. The van der Waals surface area contributed by atoms with Gasteiger partial charge in [0.15, 0.2) is 0 Å². The standard InChI is InChI=1S/C15H20N2OS/c16-15(19)11-3-1-10(2-4-11)9-17-12-5-6-13(17)8-14(18)7-12/h1-4,12-14,18H,5-9H2,(H2,16,19). The molecule has 0 radical (unpaired) electrons. The van der Waals surface area contributed by atoms with Crippen LogP contribution in [0.2, 0.25) is 0 Å². The van der Waals surface area contributed by atoms with Gasteiger partial charge in [0.05, 0.1) is 6.10 Å². The quantitative estimate of drug-likeness (QED) is 0.827. The molecule has 3 rings (SSSR count). The highest BCUT2D eigenvalue weighted by Gasteiger charge is 2.39. The Morgan fingerprint density at radius 1 is 1.21 bits per heavy atom. The number of nitrogens with two attached hydrogens (primary N) is 1. The highest BCUT2D eigenvalue weighted by molar-refractivity contribution is 7.80. The molecule has 0 saturated carbocycles. The molecule has 4 heteroatoms. The van der Waals surface area contributed by atoms with Crippen molar-refractivity contribution in [1.29, 1.82) is 0 Å². The van der Waals surface area contributed by atoms with Crippen molar-refractivity contribution in [2.24, 2.45) is 5.73 Å². The van der Waals surface area contributed by atoms with E-state index in [-0.39, 0.29) is 6.10 Å². The minimum Gasteiger partial charge on any atom is -0.393 e. The van der Waals surface area contributed by atoms with Crippen LogP contribution in [-0.4, -0.2) is 33.2 Å². The number of hydrogen-bond acceptors (Lipinski definition) is 3. The summed E-state index contributed by atoms with van der Waals surface area (Å²) < 4.78 is 0. The molecule has 102 valence electrons. The average Bonchev–Trinajstić information content (AvgIpc) is 2.62. The van der Waals surface area contributed by atoms with Gasteiger partial charge in [-0.25, -0.2) is 0 Å². The molecule has 0 amide bonds. The zero-order valence-corrected chi connectivity index (χ0v) is 11.8. The Morgan fingerprint density at radius 2 is 1.79 bits per heavy atom. The van der Waals surface area contributed by atoms with Crippen molar-refractivity contribution in [2.45, 2.75) is 50.4 Å². The number of nitrogens with zero attached hydrogens (tertiary/aromatic N) is 1. The van der Waals surface area contributed by atoms with Gasteiger partial charge >= 0.3 is 0 Å². The normalized spacial score (nSPS) is 30.5. The van der Waals surface area contributed by atoms with Crippen LogP contribution in [0.15, 0.2) is 24.3 Å². The smallest absolute Gasteiger partial charge is 0.103 e. The Kier molecular flexibility index (Phi) is 3.56. The maximum atomic E-state index is 9.82. The Labute approximate surface area is 119 Å². The second-order valence-electron chi connectivity index (χ2n) is 5.74. The molecule has 2 heterocycles. The summed E-state index contributed by atoms with van der Waals surface area (Å²) in [5.41, 5.74) is 7.84. The van der Waals surface area contributed by atoms with Crippen LogP contribution in [0.5, 0.6) is 0 Å². The van der Waals surface area contributed by atoms with E-state index in [1.807, 2.05) is 12.1 Å². The third kappa shape index (κ3) is 2.66. The molecule has 2 unspecified atom stereocenters. The number of aliphatic hydroxyl groups excluding tert-OH is 1. The van der Waals surface area contributed by atoms with Crippen LogP contribution in [0, 0.1) is 0 Å². The summed E-state index contributed by atoms with van der Waals surface area (Å²) in [4.78, 5) is 3.01. The molecule has 2 bridgehead atoms. The van der Waals surface area contributed by atoms with Crippen LogP contribution in [0.4, 0.5) is 0 Å². The fraction of sp³-hybridized carbons (Fsp3) is 0.533. The Bertz CT molecular complexity index is 460. The van der Waals surface area contributed by atoms with Gasteiger partial charge in [-0.15, -0.1) is 0 Å². The summed E-state index contributed by atoms with van der Waals surface area (Å²) >= 11 is 4.97. The number of rotatable bonds is 3. The highest BCUT2D eigenvalue weighted by atomic mass is 32.1. The fourth-order valence-electron chi connectivity index (χ4n) is 3.49. The number of fused-ring (bicyclic) bond motifs is 2. The molecule has 0 aliphatic carbocycles. The minimum atomic E-state index is -0.0919. The lowest BCUT2D eigenvalue weighted by molar-refractivity contribution is 0.0310. The first-order valence-corrected chi connectivity index (χ1v) is 7.37. The molecule has 2 atom stereocenters. The van der Waals surface area contributed by atoms with E-state index in [1.165, 1.54) is 18.4 Å². The van der Waals surface area contributed by atoms with Crippen LogP contribution in [0.1, 0.15) is 36.8 Å². The molecule has 19 heavy (non-hydrogen) atoms. The van der Waals surface area contributed by atoms with E-state index in [9.17, 15) is 5.11 Å². The first-order valence-electron chi connectivity index (χ1n) is 6.96. The summed E-state index contributed by atoms with van der Waals surface area (Å²) in [5, 5.41) is 9.82. The van der Waals surface area contributed by atoms with Crippen molar-refractivity contribution in [3.05, 3.63) is 35.4 Å². The topological polar surface area (TPSA) is 49.5 Å². The van der Waals surface area contributed by atoms with E-state index in [0.717, 1.165) is 24.9 Å². The van der Waals surface area contributed by atoms with Crippen molar-refractivity contribution in [1.82, 2.24) is 4.90 Å². The minimum absolute atomic E-state index is 0.0919.